The molecule has 0 saturated heterocycles. The number of phenols is 1. The predicted octanol–water partition coefficient (Wildman–Crippen LogP) is 3.18. The fraction of sp³-hybridized carbons (Fsp3) is 0.188. The Morgan fingerprint density at radius 3 is 2.55 bits per heavy atom. The molecule has 0 atom stereocenters. The Labute approximate surface area is 118 Å². The highest BCUT2D eigenvalue weighted by atomic mass is 16.5. The van der Waals surface area contributed by atoms with Crippen molar-refractivity contribution in [2.75, 3.05) is 11.9 Å². The Balaban J connectivity index is 2.09. The quantitative estimate of drug-likeness (QED) is 0.820. The number of para-hydroxylation sites is 1. The van der Waals surface area contributed by atoms with Crippen LogP contribution in [0.2, 0.25) is 0 Å². The number of ether oxygens (including phenoxy) is 1. The Morgan fingerprint density at radius 2 is 1.85 bits per heavy atom. The number of carbonyl (C=O) groups excluding carboxylic acids is 1. The number of esters is 1. The van der Waals surface area contributed by atoms with E-state index in [9.17, 15) is 9.90 Å². The van der Waals surface area contributed by atoms with Gasteiger partial charge in [0.15, 0.2) is 0 Å². The summed E-state index contributed by atoms with van der Waals surface area (Å²) in [6, 6.07) is 14.2. The van der Waals surface area contributed by atoms with Gasteiger partial charge >= 0.3 is 5.97 Å². The summed E-state index contributed by atoms with van der Waals surface area (Å²) in [4.78, 5) is 11.8. The van der Waals surface area contributed by atoms with Crippen molar-refractivity contribution in [3.63, 3.8) is 0 Å². The number of rotatable bonds is 5. The van der Waals surface area contributed by atoms with Crippen LogP contribution in [0, 0.1) is 0 Å². The molecule has 20 heavy (non-hydrogen) atoms. The zero-order valence-corrected chi connectivity index (χ0v) is 11.3. The van der Waals surface area contributed by atoms with Crippen molar-refractivity contribution < 1.29 is 14.6 Å². The first kappa shape index (κ1) is 13.9. The van der Waals surface area contributed by atoms with Gasteiger partial charge in [-0.1, -0.05) is 24.3 Å². The smallest absolute Gasteiger partial charge is 0.340 e. The van der Waals surface area contributed by atoms with Crippen molar-refractivity contribution >= 4 is 11.7 Å². The molecule has 2 rings (SSSR count). The lowest BCUT2D eigenvalue weighted by Gasteiger charge is -2.11. The average Bonchev–Trinajstić information content (AvgIpc) is 2.47. The summed E-state index contributed by atoms with van der Waals surface area (Å²) in [5.74, 6) is -0.0954. The van der Waals surface area contributed by atoms with Gasteiger partial charge in [-0.2, -0.15) is 0 Å². The maximum Gasteiger partial charge on any atom is 0.340 e. The monoisotopic (exact) mass is 271 g/mol. The van der Waals surface area contributed by atoms with E-state index in [-0.39, 0.29) is 11.7 Å². The molecule has 0 unspecified atom stereocenters. The second-order valence-electron chi connectivity index (χ2n) is 4.29. The highest BCUT2D eigenvalue weighted by Crippen LogP contribution is 2.18. The van der Waals surface area contributed by atoms with E-state index in [0.29, 0.717) is 18.7 Å². The molecule has 4 nitrogen and oxygen atoms in total. The Bertz CT molecular complexity index is 579. The molecule has 0 spiro atoms. The maximum absolute atomic E-state index is 11.8. The van der Waals surface area contributed by atoms with Crippen molar-refractivity contribution in [1.29, 1.82) is 0 Å². The first-order chi connectivity index (χ1) is 9.70. The summed E-state index contributed by atoms with van der Waals surface area (Å²) < 4.78 is 5.02. The molecular formula is C16H17NO3. The molecule has 0 amide bonds. The normalized spacial score (nSPS) is 10.1. The van der Waals surface area contributed by atoms with Gasteiger partial charge in [0.05, 0.1) is 12.2 Å². The maximum atomic E-state index is 11.8. The minimum atomic E-state index is -0.332. The van der Waals surface area contributed by atoms with E-state index in [1.165, 1.54) is 0 Å². The van der Waals surface area contributed by atoms with Crippen LogP contribution in [0.1, 0.15) is 22.8 Å². The first-order valence-corrected chi connectivity index (χ1v) is 6.48. The van der Waals surface area contributed by atoms with Crippen LogP contribution in [0.4, 0.5) is 5.69 Å². The number of hydrogen-bond acceptors (Lipinski definition) is 4. The van der Waals surface area contributed by atoms with E-state index >= 15 is 0 Å². The number of aromatic hydroxyl groups is 1. The first-order valence-electron chi connectivity index (χ1n) is 6.48. The second kappa shape index (κ2) is 6.61. The fourth-order valence-corrected chi connectivity index (χ4v) is 1.84. The molecule has 0 radical (unpaired) electrons. The van der Waals surface area contributed by atoms with E-state index in [2.05, 4.69) is 5.32 Å². The topological polar surface area (TPSA) is 58.6 Å². The van der Waals surface area contributed by atoms with E-state index in [1.807, 2.05) is 24.3 Å². The van der Waals surface area contributed by atoms with Crippen molar-refractivity contribution in [2.45, 2.75) is 13.5 Å². The number of hydrogen-bond donors (Lipinski definition) is 2. The van der Waals surface area contributed by atoms with Crippen molar-refractivity contribution in [3.8, 4) is 5.75 Å². The second-order valence-corrected chi connectivity index (χ2v) is 4.29. The fourth-order valence-electron chi connectivity index (χ4n) is 1.84. The van der Waals surface area contributed by atoms with Gasteiger partial charge in [-0.15, -0.1) is 0 Å². The summed E-state index contributed by atoms with van der Waals surface area (Å²) >= 11 is 0. The SMILES string of the molecule is CCOC(=O)c1ccccc1NCc1ccc(O)cc1. The molecule has 0 saturated carbocycles. The molecule has 2 aromatic carbocycles. The van der Waals surface area contributed by atoms with Crippen LogP contribution >= 0.6 is 0 Å². The van der Waals surface area contributed by atoms with Crippen LogP contribution in [-0.2, 0) is 11.3 Å². The predicted molar refractivity (Wildman–Crippen MR) is 77.8 cm³/mol. The van der Waals surface area contributed by atoms with Crippen molar-refractivity contribution in [3.05, 3.63) is 59.7 Å². The molecule has 0 fully saturated rings. The zero-order chi connectivity index (χ0) is 14.4. The standard InChI is InChI=1S/C16H17NO3/c1-2-20-16(19)14-5-3-4-6-15(14)17-11-12-7-9-13(18)10-8-12/h3-10,17-18H,2,11H2,1H3. The summed E-state index contributed by atoms with van der Waals surface area (Å²) in [5, 5.41) is 12.4. The number of benzene rings is 2. The van der Waals surface area contributed by atoms with Gasteiger partial charge in [0.25, 0.3) is 0 Å². The highest BCUT2D eigenvalue weighted by Gasteiger charge is 2.11. The van der Waals surface area contributed by atoms with Crippen molar-refractivity contribution in [2.24, 2.45) is 0 Å². The third-order valence-corrected chi connectivity index (χ3v) is 2.84. The molecule has 2 N–H and O–H groups in total. The molecular weight excluding hydrogens is 254 g/mol. The number of carbonyl (C=O) groups is 1. The van der Waals surface area contributed by atoms with E-state index in [0.717, 1.165) is 11.3 Å². The lowest BCUT2D eigenvalue weighted by Crippen LogP contribution is -2.09. The van der Waals surface area contributed by atoms with Crippen LogP contribution in [0.5, 0.6) is 5.75 Å². The Kier molecular flexibility index (Phi) is 4.60. The molecule has 0 aliphatic heterocycles. The highest BCUT2D eigenvalue weighted by molar-refractivity contribution is 5.95. The van der Waals surface area contributed by atoms with Gasteiger partial charge in [-0.3, -0.25) is 0 Å². The third-order valence-electron chi connectivity index (χ3n) is 2.84. The third kappa shape index (κ3) is 3.51. The van der Waals surface area contributed by atoms with Gasteiger partial charge in [-0.05, 0) is 36.8 Å². The van der Waals surface area contributed by atoms with Crippen molar-refractivity contribution in [1.82, 2.24) is 0 Å². The summed E-state index contributed by atoms with van der Waals surface area (Å²) in [7, 11) is 0. The molecule has 0 bridgehead atoms. The number of nitrogens with one attached hydrogen (secondary N) is 1. The minimum Gasteiger partial charge on any atom is -0.508 e. The van der Waals surface area contributed by atoms with E-state index in [1.54, 1.807) is 31.2 Å². The average molecular weight is 271 g/mol. The van der Waals surface area contributed by atoms with E-state index < -0.39 is 0 Å². The van der Waals surface area contributed by atoms with Crippen LogP contribution in [0.25, 0.3) is 0 Å². The van der Waals surface area contributed by atoms with Gasteiger partial charge in [0.1, 0.15) is 5.75 Å². The van der Waals surface area contributed by atoms with Crippen LogP contribution < -0.4 is 5.32 Å². The molecule has 0 aliphatic carbocycles. The summed E-state index contributed by atoms with van der Waals surface area (Å²) in [5.41, 5.74) is 2.27. The van der Waals surface area contributed by atoms with Gasteiger partial charge in [0, 0.05) is 12.2 Å². The Hall–Kier alpha value is -2.49. The van der Waals surface area contributed by atoms with Crippen LogP contribution in [0.3, 0.4) is 0 Å². The van der Waals surface area contributed by atoms with Gasteiger partial charge in [0.2, 0.25) is 0 Å². The Morgan fingerprint density at radius 1 is 1.15 bits per heavy atom. The largest absolute Gasteiger partial charge is 0.508 e. The van der Waals surface area contributed by atoms with Crippen LogP contribution in [-0.4, -0.2) is 17.7 Å². The summed E-state index contributed by atoms with van der Waals surface area (Å²) in [6.45, 7) is 2.70. The van der Waals surface area contributed by atoms with Crippen LogP contribution in [0.15, 0.2) is 48.5 Å². The lowest BCUT2D eigenvalue weighted by molar-refractivity contribution is 0.0527. The molecule has 0 heterocycles. The van der Waals surface area contributed by atoms with E-state index in [4.69, 9.17) is 4.74 Å². The lowest BCUT2D eigenvalue weighted by atomic mass is 10.1. The zero-order valence-electron chi connectivity index (χ0n) is 11.3. The molecule has 2 aromatic rings. The van der Waals surface area contributed by atoms with Gasteiger partial charge < -0.3 is 15.2 Å². The molecule has 104 valence electrons. The summed E-state index contributed by atoms with van der Waals surface area (Å²) in [6.07, 6.45) is 0. The molecule has 0 aromatic heterocycles. The van der Waals surface area contributed by atoms with Gasteiger partial charge in [-0.25, -0.2) is 4.79 Å². The minimum absolute atomic E-state index is 0.237. The number of phenolic OH excluding ortho intramolecular Hbond substituents is 1. The number of anilines is 1. The molecule has 0 aliphatic rings. The molecule has 4 heteroatoms.